The summed E-state index contributed by atoms with van der Waals surface area (Å²) < 4.78 is 36.0. The van der Waals surface area contributed by atoms with Crippen LogP contribution in [0.3, 0.4) is 0 Å². The largest absolute Gasteiger partial charge is 0.508 e. The highest BCUT2D eigenvalue weighted by Crippen LogP contribution is 2.28. The van der Waals surface area contributed by atoms with E-state index in [1.54, 1.807) is 18.2 Å². The van der Waals surface area contributed by atoms with E-state index in [4.69, 9.17) is 18.6 Å². The summed E-state index contributed by atoms with van der Waals surface area (Å²) in [5.41, 5.74) is 3.94. The Morgan fingerprint density at radius 2 is 1.44 bits per heavy atom. The molecule has 7 nitrogen and oxygen atoms in total. The van der Waals surface area contributed by atoms with E-state index in [0.29, 0.717) is 0 Å². The van der Waals surface area contributed by atoms with Crippen molar-refractivity contribution in [2.75, 3.05) is 0 Å². The van der Waals surface area contributed by atoms with Crippen LogP contribution in [-0.4, -0.2) is 10.2 Å². The molecule has 2 N–H and O–H groups in total. The van der Waals surface area contributed by atoms with Crippen LogP contribution in [0.4, 0.5) is 0 Å². The van der Waals surface area contributed by atoms with Gasteiger partial charge in [-0.2, -0.15) is 4.57 Å². The van der Waals surface area contributed by atoms with Gasteiger partial charge >= 0.3 is 0 Å². The zero-order valence-corrected chi connectivity index (χ0v) is 14.2. The Kier molecular flexibility index (Phi) is 5.46. The highest BCUT2D eigenvalue weighted by molar-refractivity contribution is 5.84. The molecular formula is C17H16ClNO6. The van der Waals surface area contributed by atoms with Gasteiger partial charge in [-0.3, -0.25) is 0 Å². The first kappa shape index (κ1) is 18.9. The second kappa shape index (κ2) is 7.22. The minimum absolute atomic E-state index is 0.233. The van der Waals surface area contributed by atoms with Crippen LogP contribution in [0.1, 0.15) is 5.56 Å². The van der Waals surface area contributed by atoms with Gasteiger partial charge in [-0.15, -0.1) is 10.2 Å². The number of hydrogen-bond acceptors (Lipinski definition) is 6. The number of aromatic hydroxyl groups is 2. The highest BCUT2D eigenvalue weighted by atomic mass is 35.7. The molecule has 0 spiro atoms. The van der Waals surface area contributed by atoms with Crippen molar-refractivity contribution in [3.05, 3.63) is 54.1 Å². The topological polar surface area (TPSA) is 137 Å². The van der Waals surface area contributed by atoms with Crippen molar-refractivity contribution in [3.8, 4) is 22.8 Å². The maximum atomic E-state index is 10.3. The lowest BCUT2D eigenvalue weighted by molar-refractivity contribution is -2.00. The normalized spacial score (nSPS) is 11.1. The predicted octanol–water partition coefficient (Wildman–Crippen LogP) is -1.71. The summed E-state index contributed by atoms with van der Waals surface area (Å²) in [7, 11) is -2.97. The fraction of sp³-hybridized carbons (Fsp3) is 0.118. The number of hydrogen-bond donors (Lipinski definition) is 2. The third-order valence-corrected chi connectivity index (χ3v) is 3.59. The molecule has 1 aromatic heterocycles. The van der Waals surface area contributed by atoms with Crippen molar-refractivity contribution in [3.63, 3.8) is 0 Å². The number of fused-ring (bicyclic) bond motifs is 1. The molecule has 8 heteroatoms. The molecule has 0 aliphatic rings. The van der Waals surface area contributed by atoms with Crippen molar-refractivity contribution in [2.24, 2.45) is 7.05 Å². The van der Waals surface area contributed by atoms with Gasteiger partial charge in [0.05, 0.1) is 11.5 Å². The molecule has 0 radical (unpaired) electrons. The molecule has 0 fully saturated rings. The van der Waals surface area contributed by atoms with Crippen molar-refractivity contribution in [1.29, 1.82) is 0 Å². The molecular weight excluding hydrogens is 350 g/mol. The first-order valence-corrected chi connectivity index (χ1v) is 8.33. The SMILES string of the molecule is Cc1ccc2c(c1)c(O)cc(-c1ccc(O)cc1)[n+]2C.[O-][Cl+3]([O-])([O-])[O-]. The van der Waals surface area contributed by atoms with Gasteiger partial charge in [0, 0.05) is 11.6 Å². The summed E-state index contributed by atoms with van der Waals surface area (Å²) in [4.78, 5) is 0. The number of phenols is 1. The van der Waals surface area contributed by atoms with Gasteiger partial charge in [0.25, 0.3) is 0 Å². The third-order valence-electron chi connectivity index (χ3n) is 3.59. The number of nitrogens with zero attached hydrogens (tertiary/aromatic N) is 1. The number of pyridine rings is 1. The summed E-state index contributed by atoms with van der Waals surface area (Å²) in [6.45, 7) is 2.01. The quantitative estimate of drug-likeness (QED) is 0.493. The summed E-state index contributed by atoms with van der Waals surface area (Å²) in [5, 5.41) is 20.5. The number of halogens is 1. The van der Waals surface area contributed by atoms with E-state index in [9.17, 15) is 10.2 Å². The molecule has 0 aliphatic carbocycles. The lowest BCUT2D eigenvalue weighted by Gasteiger charge is -2.17. The van der Waals surface area contributed by atoms with Crippen LogP contribution in [0.15, 0.2) is 48.5 Å². The molecule has 1 heterocycles. The molecule has 0 saturated carbocycles. The van der Waals surface area contributed by atoms with Crippen molar-refractivity contribution < 1.29 is 43.7 Å². The zero-order chi connectivity index (χ0) is 18.8. The van der Waals surface area contributed by atoms with Gasteiger partial charge in [-0.1, -0.05) is 6.07 Å². The molecule has 0 unspecified atom stereocenters. The van der Waals surface area contributed by atoms with E-state index in [1.807, 2.05) is 48.9 Å². The maximum absolute atomic E-state index is 10.3. The van der Waals surface area contributed by atoms with Crippen molar-refractivity contribution in [2.45, 2.75) is 6.92 Å². The number of aromatic nitrogens is 1. The monoisotopic (exact) mass is 365 g/mol. The lowest BCUT2D eigenvalue weighted by Crippen LogP contribution is -2.68. The van der Waals surface area contributed by atoms with Crippen LogP contribution in [0, 0.1) is 17.2 Å². The second-order valence-corrected chi connectivity index (χ2v) is 6.18. The molecule has 0 bridgehead atoms. The van der Waals surface area contributed by atoms with Gasteiger partial charge < -0.3 is 10.2 Å². The van der Waals surface area contributed by atoms with E-state index in [-0.39, 0.29) is 11.5 Å². The first-order chi connectivity index (χ1) is 11.6. The summed E-state index contributed by atoms with van der Waals surface area (Å²) >= 11 is 0. The Balaban J connectivity index is 0.000000399. The fourth-order valence-corrected chi connectivity index (χ4v) is 2.49. The zero-order valence-electron chi connectivity index (χ0n) is 13.5. The maximum Gasteiger partial charge on any atom is 0.216 e. The molecule has 0 aliphatic heterocycles. The molecule has 0 amide bonds. The van der Waals surface area contributed by atoms with Crippen LogP contribution in [-0.2, 0) is 7.05 Å². The van der Waals surface area contributed by atoms with E-state index >= 15 is 0 Å². The first-order valence-electron chi connectivity index (χ1n) is 7.10. The Hall–Kier alpha value is -2.42. The fourth-order valence-electron chi connectivity index (χ4n) is 2.49. The van der Waals surface area contributed by atoms with Crippen LogP contribution >= 0.6 is 0 Å². The highest BCUT2D eigenvalue weighted by Gasteiger charge is 2.17. The Labute approximate surface area is 146 Å². The van der Waals surface area contributed by atoms with Gasteiger partial charge in [0.15, 0.2) is 0 Å². The average Bonchev–Trinajstić information content (AvgIpc) is 2.50. The number of benzene rings is 2. The minimum atomic E-state index is -4.94. The molecule has 0 saturated heterocycles. The molecule has 132 valence electrons. The molecule has 25 heavy (non-hydrogen) atoms. The number of rotatable bonds is 1. The summed E-state index contributed by atoms with van der Waals surface area (Å²) in [6.07, 6.45) is 0. The van der Waals surface area contributed by atoms with E-state index in [1.165, 1.54) is 0 Å². The number of aryl methyl sites for hydroxylation is 2. The van der Waals surface area contributed by atoms with E-state index < -0.39 is 10.2 Å². The number of phenolic OH excluding ortho intramolecular Hbond substituents is 1. The molecule has 3 aromatic rings. The Bertz CT molecular complexity index is 884. The molecule has 0 atom stereocenters. The van der Waals surface area contributed by atoms with Gasteiger partial charge in [0.2, 0.25) is 11.2 Å². The Morgan fingerprint density at radius 3 is 2.00 bits per heavy atom. The minimum Gasteiger partial charge on any atom is -0.508 e. The van der Waals surface area contributed by atoms with Crippen molar-refractivity contribution >= 4 is 10.9 Å². The third kappa shape index (κ3) is 5.02. The van der Waals surface area contributed by atoms with Crippen LogP contribution in [0.2, 0.25) is 0 Å². The average molecular weight is 366 g/mol. The molecule has 3 rings (SSSR count). The summed E-state index contributed by atoms with van der Waals surface area (Å²) in [5.74, 6) is 0.502. The van der Waals surface area contributed by atoms with Crippen LogP contribution in [0.5, 0.6) is 11.5 Å². The van der Waals surface area contributed by atoms with Crippen LogP contribution in [0.25, 0.3) is 22.2 Å². The standard InChI is InChI=1S/C17H15NO2.ClHO4/c1-11-3-8-15-14(9-11)17(20)10-16(18(15)2)12-4-6-13(19)7-5-12;2-1(3,4)5/h3-10H,1-2H3,(H,19,20);(H,2,3,4,5). The van der Waals surface area contributed by atoms with Crippen LogP contribution < -0.4 is 23.2 Å². The van der Waals surface area contributed by atoms with Crippen molar-refractivity contribution in [1.82, 2.24) is 0 Å². The van der Waals surface area contributed by atoms with Gasteiger partial charge in [0.1, 0.15) is 18.5 Å². The molecule has 2 aromatic carbocycles. The second-order valence-electron chi connectivity index (χ2n) is 5.42. The summed E-state index contributed by atoms with van der Waals surface area (Å²) in [6, 6.07) is 14.7. The van der Waals surface area contributed by atoms with E-state index in [2.05, 4.69) is 0 Å². The van der Waals surface area contributed by atoms with E-state index in [0.717, 1.165) is 27.7 Å². The Morgan fingerprint density at radius 1 is 0.880 bits per heavy atom. The van der Waals surface area contributed by atoms with Gasteiger partial charge in [-0.25, -0.2) is 18.6 Å². The van der Waals surface area contributed by atoms with Gasteiger partial charge in [-0.05, 0) is 42.8 Å². The predicted molar refractivity (Wildman–Crippen MR) is 78.6 cm³/mol. The lowest BCUT2D eigenvalue weighted by atomic mass is 10.1. The smallest absolute Gasteiger partial charge is 0.216 e.